The lowest BCUT2D eigenvalue weighted by atomic mass is 9.92. The molecule has 0 aliphatic heterocycles. The second-order valence-corrected chi connectivity index (χ2v) is 8.90. The van der Waals surface area contributed by atoms with Gasteiger partial charge in [0.2, 0.25) is 10.0 Å². The van der Waals surface area contributed by atoms with Crippen LogP contribution in [0.5, 0.6) is 0 Å². The van der Waals surface area contributed by atoms with Crippen molar-refractivity contribution in [3.63, 3.8) is 0 Å². The smallest absolute Gasteiger partial charge is 0.240 e. The first-order valence-electron chi connectivity index (χ1n) is 9.17. The van der Waals surface area contributed by atoms with Gasteiger partial charge in [0.05, 0.1) is 4.90 Å². The van der Waals surface area contributed by atoms with Crippen LogP contribution >= 0.6 is 0 Å². The van der Waals surface area contributed by atoms with E-state index in [-0.39, 0.29) is 6.04 Å². The molecule has 0 amide bonds. The quantitative estimate of drug-likeness (QED) is 0.734. The van der Waals surface area contributed by atoms with Gasteiger partial charge in [-0.05, 0) is 61.6 Å². The van der Waals surface area contributed by atoms with E-state index in [4.69, 9.17) is 0 Å². The third-order valence-corrected chi connectivity index (χ3v) is 6.84. The largest absolute Gasteiger partial charge is 0.358 e. The highest BCUT2D eigenvalue weighted by Gasteiger charge is 2.26. The van der Waals surface area contributed by atoms with Gasteiger partial charge in [-0.2, -0.15) is 0 Å². The van der Waals surface area contributed by atoms with Crippen LogP contribution in [-0.2, 0) is 29.3 Å². The Morgan fingerprint density at radius 3 is 2.65 bits per heavy atom. The lowest BCUT2D eigenvalue weighted by Gasteiger charge is -2.23. The summed E-state index contributed by atoms with van der Waals surface area (Å²) in [5, 5.41) is 1.27. The summed E-state index contributed by atoms with van der Waals surface area (Å²) in [6.45, 7) is 4.16. The van der Waals surface area contributed by atoms with E-state index in [2.05, 4.69) is 41.8 Å². The number of aryl methyl sites for hydroxylation is 3. The summed E-state index contributed by atoms with van der Waals surface area (Å²) in [6.07, 6.45) is 3.31. The molecule has 1 unspecified atom stereocenters. The lowest BCUT2D eigenvalue weighted by Crippen LogP contribution is -2.38. The molecule has 0 radical (unpaired) electrons. The van der Waals surface area contributed by atoms with Gasteiger partial charge in [-0.3, -0.25) is 0 Å². The third-order valence-electron chi connectivity index (χ3n) is 5.31. The monoisotopic (exact) mass is 368 g/mol. The number of aromatic nitrogens is 1. The van der Waals surface area contributed by atoms with Crippen molar-refractivity contribution in [1.29, 1.82) is 0 Å². The van der Waals surface area contributed by atoms with Crippen LogP contribution in [0.15, 0.2) is 47.4 Å². The number of hydrogen-bond acceptors (Lipinski definition) is 2. The molecule has 1 aromatic heterocycles. The van der Waals surface area contributed by atoms with E-state index in [1.807, 2.05) is 12.1 Å². The molecule has 1 aliphatic carbocycles. The Balaban J connectivity index is 1.56. The Morgan fingerprint density at radius 2 is 1.92 bits per heavy atom. The Bertz CT molecular complexity index is 1050. The lowest BCUT2D eigenvalue weighted by molar-refractivity contribution is 0.505. The van der Waals surface area contributed by atoms with Crippen molar-refractivity contribution in [3.05, 3.63) is 64.8 Å². The summed E-state index contributed by atoms with van der Waals surface area (Å²) in [5.41, 5.74) is 6.02. The minimum atomic E-state index is -3.49. The van der Waals surface area contributed by atoms with Crippen LogP contribution in [0.1, 0.15) is 35.7 Å². The van der Waals surface area contributed by atoms with Crippen molar-refractivity contribution in [2.45, 2.75) is 50.5 Å². The summed E-state index contributed by atoms with van der Waals surface area (Å²) in [7, 11) is -3.49. The zero-order chi connectivity index (χ0) is 18.3. The van der Waals surface area contributed by atoms with E-state index in [1.165, 1.54) is 16.5 Å². The normalized spacial score (nSPS) is 17.4. The number of hydrogen-bond donors (Lipinski definition) is 2. The van der Waals surface area contributed by atoms with Crippen LogP contribution in [0, 0.1) is 6.92 Å². The summed E-state index contributed by atoms with van der Waals surface area (Å²) in [5.74, 6) is 0. The minimum Gasteiger partial charge on any atom is -0.358 e. The van der Waals surface area contributed by atoms with Crippen molar-refractivity contribution >= 4 is 20.9 Å². The number of rotatable bonds is 4. The fourth-order valence-electron chi connectivity index (χ4n) is 3.84. The fourth-order valence-corrected chi connectivity index (χ4v) is 5.11. The Hall–Kier alpha value is -2.11. The van der Waals surface area contributed by atoms with Crippen molar-refractivity contribution in [2.75, 3.05) is 0 Å². The number of nitrogens with one attached hydrogen (secondary N) is 2. The van der Waals surface area contributed by atoms with Gasteiger partial charge in [-0.1, -0.05) is 30.7 Å². The molecule has 1 atom stereocenters. The molecular formula is C21H24N2O2S. The van der Waals surface area contributed by atoms with E-state index < -0.39 is 10.0 Å². The predicted molar refractivity (Wildman–Crippen MR) is 105 cm³/mol. The maximum absolute atomic E-state index is 12.7. The van der Waals surface area contributed by atoms with Crippen molar-refractivity contribution in [2.24, 2.45) is 0 Å². The standard InChI is InChI=1S/C21H24N2O2S/c1-3-15-5-8-17(9-6-15)26(24,25)23-16-7-10-18-19-12-14(2)4-11-20(19)22-21(18)13-16/h4-6,8-9,11-12,16,22-23H,3,7,10,13H2,1-2H3. The Morgan fingerprint density at radius 1 is 1.15 bits per heavy atom. The van der Waals surface area contributed by atoms with E-state index in [9.17, 15) is 8.42 Å². The Kier molecular flexibility index (Phi) is 4.37. The predicted octanol–water partition coefficient (Wildman–Crippen LogP) is 3.87. The van der Waals surface area contributed by atoms with Gasteiger partial charge in [-0.15, -0.1) is 0 Å². The molecule has 4 rings (SSSR count). The molecule has 1 aliphatic rings. The first-order valence-corrected chi connectivity index (χ1v) is 10.7. The molecule has 0 fully saturated rings. The fraction of sp³-hybridized carbons (Fsp3) is 0.333. The molecule has 136 valence electrons. The molecule has 1 heterocycles. The van der Waals surface area contributed by atoms with Crippen LogP contribution in [0.3, 0.4) is 0 Å². The second-order valence-electron chi connectivity index (χ2n) is 7.19. The summed E-state index contributed by atoms with van der Waals surface area (Å²) < 4.78 is 28.3. The minimum absolute atomic E-state index is 0.0764. The van der Waals surface area contributed by atoms with Crippen LogP contribution in [-0.4, -0.2) is 19.4 Å². The molecule has 5 heteroatoms. The van der Waals surface area contributed by atoms with E-state index in [0.717, 1.165) is 36.0 Å². The van der Waals surface area contributed by atoms with E-state index in [1.54, 1.807) is 12.1 Å². The zero-order valence-electron chi connectivity index (χ0n) is 15.2. The second kappa shape index (κ2) is 6.56. The highest BCUT2D eigenvalue weighted by atomic mass is 32.2. The number of fused-ring (bicyclic) bond motifs is 3. The van der Waals surface area contributed by atoms with Crippen LogP contribution < -0.4 is 4.72 Å². The van der Waals surface area contributed by atoms with Gasteiger partial charge in [-0.25, -0.2) is 13.1 Å². The number of aromatic amines is 1. The van der Waals surface area contributed by atoms with Gasteiger partial charge in [0.15, 0.2) is 0 Å². The van der Waals surface area contributed by atoms with Gasteiger partial charge in [0.1, 0.15) is 0 Å². The van der Waals surface area contributed by atoms with Crippen molar-refractivity contribution in [1.82, 2.24) is 9.71 Å². The van der Waals surface area contributed by atoms with Crippen LogP contribution in [0.2, 0.25) is 0 Å². The van der Waals surface area contributed by atoms with Gasteiger partial charge in [0, 0.05) is 29.1 Å². The molecule has 2 N–H and O–H groups in total. The van der Waals surface area contributed by atoms with Gasteiger partial charge >= 0.3 is 0 Å². The topological polar surface area (TPSA) is 62.0 Å². The molecule has 0 saturated carbocycles. The SMILES string of the molecule is CCc1ccc(S(=O)(=O)NC2CCc3c([nH]c4ccc(C)cc34)C2)cc1. The zero-order valence-corrected chi connectivity index (χ0v) is 16.0. The first-order chi connectivity index (χ1) is 12.5. The van der Waals surface area contributed by atoms with E-state index >= 15 is 0 Å². The molecule has 0 saturated heterocycles. The maximum Gasteiger partial charge on any atom is 0.240 e. The molecule has 2 aromatic carbocycles. The highest BCUT2D eigenvalue weighted by Crippen LogP contribution is 2.30. The number of H-pyrrole nitrogens is 1. The molecular weight excluding hydrogens is 344 g/mol. The van der Waals surface area contributed by atoms with Crippen molar-refractivity contribution in [3.8, 4) is 0 Å². The number of benzene rings is 2. The molecule has 0 spiro atoms. The molecule has 0 bridgehead atoms. The molecule has 26 heavy (non-hydrogen) atoms. The first kappa shape index (κ1) is 17.3. The number of sulfonamides is 1. The molecule has 4 nitrogen and oxygen atoms in total. The highest BCUT2D eigenvalue weighted by molar-refractivity contribution is 7.89. The van der Waals surface area contributed by atoms with Crippen LogP contribution in [0.25, 0.3) is 10.9 Å². The van der Waals surface area contributed by atoms with Crippen molar-refractivity contribution < 1.29 is 8.42 Å². The van der Waals surface area contributed by atoms with Gasteiger partial charge in [0.25, 0.3) is 0 Å². The third kappa shape index (κ3) is 3.17. The van der Waals surface area contributed by atoms with E-state index in [0.29, 0.717) is 11.3 Å². The average molecular weight is 369 g/mol. The summed E-state index contributed by atoms with van der Waals surface area (Å²) in [4.78, 5) is 3.82. The maximum atomic E-state index is 12.7. The summed E-state index contributed by atoms with van der Waals surface area (Å²) >= 11 is 0. The summed E-state index contributed by atoms with van der Waals surface area (Å²) in [6, 6.07) is 13.5. The Labute approximate surface area is 154 Å². The van der Waals surface area contributed by atoms with Gasteiger partial charge < -0.3 is 4.98 Å². The average Bonchev–Trinajstić information content (AvgIpc) is 2.98. The van der Waals surface area contributed by atoms with Crippen LogP contribution in [0.4, 0.5) is 0 Å². The molecule has 3 aromatic rings.